The van der Waals surface area contributed by atoms with Crippen LogP contribution in [0.2, 0.25) is 0 Å². The van der Waals surface area contributed by atoms with Crippen LogP contribution >= 0.6 is 11.8 Å². The topological polar surface area (TPSA) is 106 Å². The molecule has 3 N–H and O–H groups in total. The minimum absolute atomic E-state index is 0.137. The Balaban J connectivity index is 1.34. The Bertz CT molecular complexity index is 1900. The normalized spacial score (nSPS) is 11.6. The lowest BCUT2D eigenvalue weighted by Crippen LogP contribution is -2.30. The van der Waals surface area contributed by atoms with Crippen LogP contribution in [0, 0.1) is 5.82 Å². The molecule has 10 heteroatoms. The molecule has 0 aliphatic carbocycles. The van der Waals surface area contributed by atoms with Crippen molar-refractivity contribution in [2.75, 3.05) is 24.9 Å². The number of anilines is 2. The first-order valence-electron chi connectivity index (χ1n) is 14.8. The molecule has 0 saturated carbocycles. The quantitative estimate of drug-likeness (QED) is 0.0934. The molecular weight excluding hydrogens is 629 g/mol. The third-order valence-corrected chi connectivity index (χ3v) is 8.33. The lowest BCUT2D eigenvalue weighted by Gasteiger charge is -2.18. The standard InChI is InChI=1S/C38H32FN3O5S/c1-46-30-22-29(23-31(24-30)47-2)41-38(45)35(25-11-5-3-6-12-25)48-32-19-17-28(18-20-32)40-37(44)34(21-27-15-9-10-16-33(27)39)42-36(43)26-13-7-4-8-14-26/h3-24,35H,1-2H3,(H,40,44)(H,41,45)(H,42,43)/b34-21-. The molecule has 1 atom stereocenters. The average molecular weight is 662 g/mol. The summed E-state index contributed by atoms with van der Waals surface area (Å²) in [5, 5.41) is 7.73. The Kier molecular flexibility index (Phi) is 11.2. The number of ether oxygens (including phenoxy) is 2. The zero-order chi connectivity index (χ0) is 33.9. The molecule has 1 unspecified atom stereocenters. The highest BCUT2D eigenvalue weighted by molar-refractivity contribution is 8.00. The summed E-state index contributed by atoms with van der Waals surface area (Å²) in [7, 11) is 3.08. The van der Waals surface area contributed by atoms with Gasteiger partial charge in [-0.1, -0.05) is 66.7 Å². The largest absolute Gasteiger partial charge is 0.497 e. The number of carbonyl (C=O) groups excluding carboxylic acids is 3. The molecule has 242 valence electrons. The molecule has 0 bridgehead atoms. The van der Waals surface area contributed by atoms with Gasteiger partial charge in [0, 0.05) is 45.6 Å². The van der Waals surface area contributed by atoms with Crippen LogP contribution in [-0.2, 0) is 9.59 Å². The highest BCUT2D eigenvalue weighted by atomic mass is 32.2. The van der Waals surface area contributed by atoms with E-state index in [-0.39, 0.29) is 17.2 Å². The number of nitrogens with one attached hydrogen (secondary N) is 3. The van der Waals surface area contributed by atoms with E-state index in [1.807, 2.05) is 30.3 Å². The molecule has 0 aromatic heterocycles. The molecule has 0 spiro atoms. The Morgan fingerprint density at radius 1 is 0.708 bits per heavy atom. The van der Waals surface area contributed by atoms with Gasteiger partial charge in [-0.15, -0.1) is 11.8 Å². The fraction of sp³-hybridized carbons (Fsp3) is 0.0789. The minimum atomic E-state index is -0.641. The SMILES string of the molecule is COc1cc(NC(=O)C(Sc2ccc(NC(=O)/C(=C/c3ccccc3F)NC(=O)c3ccccc3)cc2)c2ccccc2)cc(OC)c1. The molecule has 48 heavy (non-hydrogen) atoms. The fourth-order valence-electron chi connectivity index (χ4n) is 4.63. The van der Waals surface area contributed by atoms with Gasteiger partial charge in [-0.25, -0.2) is 4.39 Å². The second-order valence-corrected chi connectivity index (χ2v) is 11.6. The minimum Gasteiger partial charge on any atom is -0.497 e. The third kappa shape index (κ3) is 8.89. The summed E-state index contributed by atoms with van der Waals surface area (Å²) in [6.07, 6.45) is 1.29. The van der Waals surface area contributed by atoms with Gasteiger partial charge in [0.25, 0.3) is 11.8 Å². The third-order valence-electron chi connectivity index (χ3n) is 7.06. The number of halogens is 1. The highest BCUT2D eigenvalue weighted by Crippen LogP contribution is 2.37. The van der Waals surface area contributed by atoms with Crippen molar-refractivity contribution in [3.8, 4) is 11.5 Å². The molecule has 5 aromatic rings. The molecule has 0 aliphatic rings. The molecule has 0 fully saturated rings. The summed E-state index contributed by atoms with van der Waals surface area (Å²) >= 11 is 1.34. The number of rotatable bonds is 12. The van der Waals surface area contributed by atoms with E-state index in [4.69, 9.17) is 9.47 Å². The van der Waals surface area contributed by atoms with E-state index in [0.29, 0.717) is 28.4 Å². The number of thioether (sulfide) groups is 1. The lowest BCUT2D eigenvalue weighted by molar-refractivity contribution is -0.116. The summed E-state index contributed by atoms with van der Waals surface area (Å²) in [4.78, 5) is 40.7. The molecule has 5 rings (SSSR count). The molecular formula is C38H32FN3O5S. The Hall–Kier alpha value is -5.87. The average Bonchev–Trinajstić information content (AvgIpc) is 3.12. The summed E-state index contributed by atoms with van der Waals surface area (Å²) in [5.41, 5.74) is 2.09. The predicted molar refractivity (Wildman–Crippen MR) is 187 cm³/mol. The maximum absolute atomic E-state index is 14.5. The van der Waals surface area contributed by atoms with Crippen LogP contribution in [-0.4, -0.2) is 31.9 Å². The number of methoxy groups -OCH3 is 2. The molecule has 5 aromatic carbocycles. The van der Waals surface area contributed by atoms with Crippen LogP contribution in [0.1, 0.15) is 26.7 Å². The van der Waals surface area contributed by atoms with Gasteiger partial charge in [-0.05, 0) is 54.1 Å². The molecule has 3 amide bonds. The maximum Gasteiger partial charge on any atom is 0.272 e. The summed E-state index contributed by atoms with van der Waals surface area (Å²) in [6, 6.07) is 35.8. The monoisotopic (exact) mass is 661 g/mol. The van der Waals surface area contributed by atoms with Crippen LogP contribution in [0.4, 0.5) is 15.8 Å². The van der Waals surface area contributed by atoms with E-state index >= 15 is 0 Å². The molecule has 0 aliphatic heterocycles. The number of hydrogen-bond acceptors (Lipinski definition) is 6. The van der Waals surface area contributed by atoms with Crippen LogP contribution in [0.15, 0.2) is 138 Å². The Morgan fingerprint density at radius 3 is 1.94 bits per heavy atom. The van der Waals surface area contributed by atoms with E-state index in [1.165, 1.54) is 50.3 Å². The van der Waals surface area contributed by atoms with E-state index in [2.05, 4.69) is 16.0 Å². The molecule has 0 heterocycles. The molecule has 0 radical (unpaired) electrons. The Labute approximate surface area is 282 Å². The summed E-state index contributed by atoms with van der Waals surface area (Å²) in [6.45, 7) is 0. The number of benzene rings is 5. The molecule has 8 nitrogen and oxygen atoms in total. The van der Waals surface area contributed by atoms with Gasteiger partial charge in [-0.3, -0.25) is 14.4 Å². The fourth-order valence-corrected chi connectivity index (χ4v) is 5.65. The van der Waals surface area contributed by atoms with Gasteiger partial charge >= 0.3 is 0 Å². The van der Waals surface area contributed by atoms with Gasteiger partial charge in [-0.2, -0.15) is 0 Å². The number of amides is 3. The van der Waals surface area contributed by atoms with Gasteiger partial charge < -0.3 is 25.4 Å². The van der Waals surface area contributed by atoms with E-state index in [0.717, 1.165) is 10.5 Å². The zero-order valence-electron chi connectivity index (χ0n) is 26.1. The van der Waals surface area contributed by atoms with E-state index < -0.39 is 22.9 Å². The summed E-state index contributed by atoms with van der Waals surface area (Å²) < 4.78 is 25.2. The van der Waals surface area contributed by atoms with Crippen LogP contribution in [0.25, 0.3) is 6.08 Å². The van der Waals surface area contributed by atoms with Crippen molar-refractivity contribution >= 4 is 46.9 Å². The zero-order valence-corrected chi connectivity index (χ0v) is 26.9. The van der Waals surface area contributed by atoms with Crippen molar-refractivity contribution in [1.82, 2.24) is 5.32 Å². The van der Waals surface area contributed by atoms with Crippen molar-refractivity contribution in [3.05, 3.63) is 156 Å². The van der Waals surface area contributed by atoms with Gasteiger partial charge in [0.05, 0.1) is 14.2 Å². The second kappa shape index (κ2) is 16.1. The predicted octanol–water partition coefficient (Wildman–Crippen LogP) is 7.72. The van der Waals surface area contributed by atoms with E-state index in [9.17, 15) is 18.8 Å². The van der Waals surface area contributed by atoms with Crippen molar-refractivity contribution in [3.63, 3.8) is 0 Å². The number of hydrogen-bond donors (Lipinski definition) is 3. The van der Waals surface area contributed by atoms with Crippen molar-refractivity contribution in [2.24, 2.45) is 0 Å². The van der Waals surface area contributed by atoms with Gasteiger partial charge in [0.1, 0.15) is 28.3 Å². The smallest absolute Gasteiger partial charge is 0.272 e. The molecule has 0 saturated heterocycles. The first-order valence-corrected chi connectivity index (χ1v) is 15.7. The van der Waals surface area contributed by atoms with Crippen LogP contribution in [0.5, 0.6) is 11.5 Å². The first kappa shape index (κ1) is 33.5. The van der Waals surface area contributed by atoms with Gasteiger partial charge in [0.2, 0.25) is 5.91 Å². The first-order chi connectivity index (χ1) is 23.3. The van der Waals surface area contributed by atoms with Crippen LogP contribution in [0.3, 0.4) is 0 Å². The van der Waals surface area contributed by atoms with E-state index in [1.54, 1.807) is 78.9 Å². The summed E-state index contributed by atoms with van der Waals surface area (Å²) in [5.74, 6) is -0.872. The second-order valence-electron chi connectivity index (χ2n) is 10.4. The lowest BCUT2D eigenvalue weighted by atomic mass is 10.1. The van der Waals surface area contributed by atoms with Crippen molar-refractivity contribution in [1.29, 1.82) is 0 Å². The maximum atomic E-state index is 14.5. The van der Waals surface area contributed by atoms with Crippen molar-refractivity contribution < 1.29 is 28.2 Å². The highest BCUT2D eigenvalue weighted by Gasteiger charge is 2.23. The number of carbonyl (C=O) groups is 3. The van der Waals surface area contributed by atoms with Crippen LogP contribution < -0.4 is 25.4 Å². The van der Waals surface area contributed by atoms with Gasteiger partial charge in [0.15, 0.2) is 0 Å². The Morgan fingerprint density at radius 2 is 1.31 bits per heavy atom. The van der Waals surface area contributed by atoms with Crippen molar-refractivity contribution in [2.45, 2.75) is 10.1 Å².